The van der Waals surface area contributed by atoms with E-state index < -0.39 is 11.8 Å². The molecule has 1 aromatic heterocycles. The maximum atomic E-state index is 11.9. The second-order valence-corrected chi connectivity index (χ2v) is 5.25. The molecule has 0 aliphatic carbocycles. The highest BCUT2D eigenvalue weighted by Crippen LogP contribution is 2.17. The van der Waals surface area contributed by atoms with Crippen LogP contribution < -0.4 is 10.9 Å². The molecule has 2 aromatic carbocycles. The third-order valence-corrected chi connectivity index (χ3v) is 3.42. The Balaban J connectivity index is 1.60. The second-order valence-electron chi connectivity index (χ2n) is 4.81. The Morgan fingerprint density at radius 3 is 2.74 bits per heavy atom. The summed E-state index contributed by atoms with van der Waals surface area (Å²) in [5, 5.41) is 5.08. The minimum atomic E-state index is -0.453. The molecule has 3 aromatic rings. The van der Waals surface area contributed by atoms with Crippen molar-refractivity contribution >= 4 is 34.4 Å². The number of hydrazine groups is 1. The zero-order valence-corrected chi connectivity index (χ0v) is 12.6. The second kappa shape index (κ2) is 6.50. The van der Waals surface area contributed by atoms with Gasteiger partial charge in [-0.3, -0.25) is 20.4 Å². The molecule has 0 fully saturated rings. The first-order valence-corrected chi connectivity index (χ1v) is 7.19. The van der Waals surface area contributed by atoms with E-state index in [1.165, 1.54) is 6.07 Å². The Morgan fingerprint density at radius 2 is 1.91 bits per heavy atom. The lowest BCUT2D eigenvalue weighted by Gasteiger charge is -2.06. The number of nitrogens with one attached hydrogen (secondary N) is 2. The van der Waals surface area contributed by atoms with Gasteiger partial charge in [0, 0.05) is 16.0 Å². The summed E-state index contributed by atoms with van der Waals surface area (Å²) in [6.07, 6.45) is -0.00710. The molecule has 6 nitrogen and oxygen atoms in total. The zero-order chi connectivity index (χ0) is 16.2. The van der Waals surface area contributed by atoms with Crippen molar-refractivity contribution in [1.29, 1.82) is 0 Å². The Kier molecular flexibility index (Phi) is 4.25. The highest BCUT2D eigenvalue weighted by atomic mass is 35.5. The minimum Gasteiger partial charge on any atom is -0.356 e. The van der Waals surface area contributed by atoms with Gasteiger partial charge in [-0.1, -0.05) is 35.0 Å². The first kappa shape index (κ1) is 15.1. The fourth-order valence-corrected chi connectivity index (χ4v) is 2.28. The molecular formula is C16H12ClN3O3. The van der Waals surface area contributed by atoms with E-state index >= 15 is 0 Å². The Labute approximate surface area is 136 Å². The van der Waals surface area contributed by atoms with Gasteiger partial charge in [0.25, 0.3) is 5.91 Å². The van der Waals surface area contributed by atoms with Gasteiger partial charge in [-0.25, -0.2) is 0 Å². The van der Waals surface area contributed by atoms with Crippen LogP contribution >= 0.6 is 11.6 Å². The molecule has 116 valence electrons. The molecule has 0 saturated heterocycles. The van der Waals surface area contributed by atoms with Crippen molar-refractivity contribution < 1.29 is 14.1 Å². The van der Waals surface area contributed by atoms with E-state index in [2.05, 4.69) is 16.0 Å². The average molecular weight is 330 g/mol. The Morgan fingerprint density at radius 1 is 1.09 bits per heavy atom. The van der Waals surface area contributed by atoms with Crippen LogP contribution in [0, 0.1) is 0 Å². The molecule has 0 spiro atoms. The van der Waals surface area contributed by atoms with Crippen molar-refractivity contribution in [3.8, 4) is 0 Å². The number of para-hydroxylation sites is 1. The first-order chi connectivity index (χ1) is 11.1. The number of nitrogens with zero attached hydrogens (tertiary/aromatic N) is 1. The van der Waals surface area contributed by atoms with Gasteiger partial charge in [0.2, 0.25) is 5.91 Å². The number of carbonyl (C=O) groups is 2. The van der Waals surface area contributed by atoms with Crippen LogP contribution in [0.15, 0.2) is 53.1 Å². The number of rotatable bonds is 3. The fourth-order valence-electron chi connectivity index (χ4n) is 2.09. The van der Waals surface area contributed by atoms with Crippen LogP contribution in [0.1, 0.15) is 16.1 Å². The normalized spacial score (nSPS) is 10.5. The van der Waals surface area contributed by atoms with E-state index in [1.807, 2.05) is 18.2 Å². The fraction of sp³-hybridized carbons (Fsp3) is 0.0625. The van der Waals surface area contributed by atoms with E-state index in [1.54, 1.807) is 24.3 Å². The zero-order valence-electron chi connectivity index (χ0n) is 11.9. The van der Waals surface area contributed by atoms with Gasteiger partial charge in [-0.05, 0) is 30.3 Å². The molecule has 23 heavy (non-hydrogen) atoms. The summed E-state index contributed by atoms with van der Waals surface area (Å²) in [6.45, 7) is 0. The lowest BCUT2D eigenvalue weighted by molar-refractivity contribution is -0.121. The highest BCUT2D eigenvalue weighted by Gasteiger charge is 2.13. The topological polar surface area (TPSA) is 84.2 Å². The Bertz CT molecular complexity index is 876. The van der Waals surface area contributed by atoms with Crippen molar-refractivity contribution in [2.24, 2.45) is 0 Å². The van der Waals surface area contributed by atoms with Crippen molar-refractivity contribution in [2.75, 3.05) is 0 Å². The van der Waals surface area contributed by atoms with Crippen LogP contribution in [-0.4, -0.2) is 17.0 Å². The van der Waals surface area contributed by atoms with Crippen LogP contribution in [0.4, 0.5) is 0 Å². The van der Waals surface area contributed by atoms with E-state index in [0.29, 0.717) is 21.9 Å². The molecule has 2 N–H and O–H groups in total. The lowest BCUT2D eigenvalue weighted by Crippen LogP contribution is -2.42. The van der Waals surface area contributed by atoms with Crippen molar-refractivity contribution in [3.63, 3.8) is 0 Å². The quantitative estimate of drug-likeness (QED) is 0.723. The van der Waals surface area contributed by atoms with Gasteiger partial charge in [-0.2, -0.15) is 0 Å². The van der Waals surface area contributed by atoms with Crippen LogP contribution in [-0.2, 0) is 11.2 Å². The lowest BCUT2D eigenvalue weighted by atomic mass is 10.2. The van der Waals surface area contributed by atoms with Crippen LogP contribution in [0.3, 0.4) is 0 Å². The van der Waals surface area contributed by atoms with Crippen LogP contribution in [0.5, 0.6) is 0 Å². The van der Waals surface area contributed by atoms with Gasteiger partial charge in [0.05, 0.1) is 6.42 Å². The number of carbonyl (C=O) groups excluding carboxylic acids is 2. The summed E-state index contributed by atoms with van der Waals surface area (Å²) in [5.74, 6) is -0.856. The molecule has 7 heteroatoms. The maximum absolute atomic E-state index is 11.9. The van der Waals surface area contributed by atoms with Crippen LogP contribution in [0.25, 0.3) is 11.0 Å². The molecule has 0 atom stereocenters. The molecule has 0 radical (unpaired) electrons. The van der Waals surface area contributed by atoms with E-state index in [9.17, 15) is 9.59 Å². The summed E-state index contributed by atoms with van der Waals surface area (Å²) >= 11 is 5.82. The standard InChI is InChI=1S/C16H12ClN3O3/c17-11-5-3-4-10(8-11)16(22)19-18-15(21)9-13-12-6-1-2-7-14(12)23-20-13/h1-8H,9H2,(H,18,21)(H,19,22). The number of benzene rings is 2. The van der Waals surface area contributed by atoms with E-state index in [-0.39, 0.29) is 6.42 Å². The first-order valence-electron chi connectivity index (χ1n) is 6.81. The highest BCUT2D eigenvalue weighted by molar-refractivity contribution is 6.30. The van der Waals surface area contributed by atoms with Gasteiger partial charge >= 0.3 is 0 Å². The largest absolute Gasteiger partial charge is 0.356 e. The smallest absolute Gasteiger partial charge is 0.269 e. The predicted molar refractivity (Wildman–Crippen MR) is 84.8 cm³/mol. The van der Waals surface area contributed by atoms with Crippen molar-refractivity contribution in [1.82, 2.24) is 16.0 Å². The maximum Gasteiger partial charge on any atom is 0.269 e. The molecule has 0 aliphatic rings. The van der Waals surface area contributed by atoms with Gasteiger partial charge in [0.15, 0.2) is 5.58 Å². The molecule has 1 heterocycles. The third kappa shape index (κ3) is 3.49. The monoisotopic (exact) mass is 329 g/mol. The number of hydrogen-bond acceptors (Lipinski definition) is 4. The van der Waals surface area contributed by atoms with Gasteiger partial charge < -0.3 is 4.52 Å². The molecular weight excluding hydrogens is 318 g/mol. The summed E-state index contributed by atoms with van der Waals surface area (Å²) < 4.78 is 5.13. The van der Waals surface area contributed by atoms with Crippen molar-refractivity contribution in [2.45, 2.75) is 6.42 Å². The molecule has 0 saturated carbocycles. The predicted octanol–water partition coefficient (Wildman–Crippen LogP) is 2.48. The minimum absolute atomic E-state index is 0.00710. The molecule has 0 bridgehead atoms. The summed E-state index contributed by atoms with van der Waals surface area (Å²) in [6, 6.07) is 13.7. The summed E-state index contributed by atoms with van der Waals surface area (Å²) in [5.41, 5.74) is 6.14. The SMILES string of the molecule is O=C(Cc1noc2ccccc12)NNC(=O)c1cccc(Cl)c1. The number of hydrogen-bond donors (Lipinski definition) is 2. The van der Waals surface area contributed by atoms with Crippen molar-refractivity contribution in [3.05, 3.63) is 64.8 Å². The number of aromatic nitrogens is 1. The van der Waals surface area contributed by atoms with Gasteiger partial charge in [-0.15, -0.1) is 0 Å². The molecule has 2 amide bonds. The molecule has 0 unspecified atom stereocenters. The number of halogens is 1. The number of fused-ring (bicyclic) bond motifs is 1. The average Bonchev–Trinajstić information content (AvgIpc) is 2.96. The van der Waals surface area contributed by atoms with Crippen LogP contribution in [0.2, 0.25) is 5.02 Å². The Hall–Kier alpha value is -2.86. The summed E-state index contributed by atoms with van der Waals surface area (Å²) in [4.78, 5) is 23.8. The molecule has 0 aliphatic heterocycles. The molecule has 3 rings (SSSR count). The van der Waals surface area contributed by atoms with Gasteiger partial charge in [0.1, 0.15) is 5.69 Å². The third-order valence-electron chi connectivity index (χ3n) is 3.18. The number of amides is 2. The summed E-state index contributed by atoms with van der Waals surface area (Å²) in [7, 11) is 0. The van der Waals surface area contributed by atoms with E-state index in [0.717, 1.165) is 5.39 Å². The van der Waals surface area contributed by atoms with E-state index in [4.69, 9.17) is 16.1 Å².